The molecule has 0 heterocycles. The van der Waals surface area contributed by atoms with Gasteiger partial charge < -0.3 is 5.32 Å². The summed E-state index contributed by atoms with van der Waals surface area (Å²) >= 11 is 5.98. The van der Waals surface area contributed by atoms with E-state index in [0.29, 0.717) is 11.3 Å². The predicted octanol–water partition coefficient (Wildman–Crippen LogP) is 4.31. The van der Waals surface area contributed by atoms with Crippen LogP contribution < -0.4 is 5.32 Å². The van der Waals surface area contributed by atoms with Crippen LogP contribution in [0.3, 0.4) is 0 Å². The number of nitrogens with zero attached hydrogens (tertiary/aromatic N) is 1. The lowest BCUT2D eigenvalue weighted by Gasteiger charge is -2.11. The lowest BCUT2D eigenvalue weighted by atomic mass is 10.1. The molecule has 2 rings (SSSR count). The van der Waals surface area contributed by atoms with Crippen molar-refractivity contribution in [1.82, 2.24) is 0 Å². The first-order chi connectivity index (χ1) is 9.50. The molecule has 4 nitrogen and oxygen atoms in total. The van der Waals surface area contributed by atoms with E-state index in [4.69, 9.17) is 11.6 Å². The van der Waals surface area contributed by atoms with Gasteiger partial charge in [-0.25, -0.2) is 4.39 Å². The summed E-state index contributed by atoms with van der Waals surface area (Å²) in [7, 11) is 0. The van der Waals surface area contributed by atoms with Crippen LogP contribution in [-0.4, -0.2) is 4.92 Å². The molecule has 0 aliphatic heterocycles. The first-order valence-electron chi connectivity index (χ1n) is 5.91. The summed E-state index contributed by atoms with van der Waals surface area (Å²) in [5.74, 6) is -0.403. The Balaban J connectivity index is 2.30. The number of anilines is 1. The third-order valence-electron chi connectivity index (χ3n) is 2.95. The average molecular weight is 295 g/mol. The normalized spacial score (nSPS) is 10.3. The quantitative estimate of drug-likeness (QED) is 0.675. The molecule has 20 heavy (non-hydrogen) atoms. The summed E-state index contributed by atoms with van der Waals surface area (Å²) in [5, 5.41) is 14.1. The standard InChI is InChI=1S/C14H12ClFN2O2/c1-9-4-2-6-12(16)14(9)17-8-10-11(15)5-3-7-13(10)18(19)20/h2-7,17H,8H2,1H3. The lowest BCUT2D eigenvalue weighted by Crippen LogP contribution is -2.06. The highest BCUT2D eigenvalue weighted by Crippen LogP contribution is 2.28. The minimum atomic E-state index is -0.503. The summed E-state index contributed by atoms with van der Waals surface area (Å²) < 4.78 is 13.7. The summed E-state index contributed by atoms with van der Waals surface area (Å²) in [5.41, 5.74) is 1.29. The van der Waals surface area contributed by atoms with Gasteiger partial charge in [-0.15, -0.1) is 0 Å². The molecule has 104 valence electrons. The molecular weight excluding hydrogens is 283 g/mol. The van der Waals surface area contributed by atoms with Crippen LogP contribution in [0, 0.1) is 22.9 Å². The van der Waals surface area contributed by atoms with Crippen LogP contribution in [0.2, 0.25) is 5.02 Å². The molecule has 0 unspecified atom stereocenters. The van der Waals surface area contributed by atoms with Crippen molar-refractivity contribution in [1.29, 1.82) is 0 Å². The second-order valence-electron chi connectivity index (χ2n) is 4.28. The van der Waals surface area contributed by atoms with Gasteiger partial charge in [0.15, 0.2) is 0 Å². The first-order valence-corrected chi connectivity index (χ1v) is 6.29. The molecule has 2 aromatic rings. The Morgan fingerprint density at radius 3 is 2.65 bits per heavy atom. The van der Waals surface area contributed by atoms with Gasteiger partial charge in [0.25, 0.3) is 5.69 Å². The van der Waals surface area contributed by atoms with Crippen molar-refractivity contribution in [2.45, 2.75) is 13.5 Å². The Kier molecular flexibility index (Phi) is 4.20. The molecule has 0 aliphatic rings. The zero-order chi connectivity index (χ0) is 14.7. The topological polar surface area (TPSA) is 55.2 Å². The van der Waals surface area contributed by atoms with E-state index in [2.05, 4.69) is 5.32 Å². The molecule has 0 atom stereocenters. The van der Waals surface area contributed by atoms with E-state index in [9.17, 15) is 14.5 Å². The maximum Gasteiger partial charge on any atom is 0.275 e. The van der Waals surface area contributed by atoms with E-state index >= 15 is 0 Å². The number of hydrogen-bond donors (Lipinski definition) is 1. The van der Waals surface area contributed by atoms with Gasteiger partial charge in [-0.1, -0.05) is 29.8 Å². The van der Waals surface area contributed by atoms with Crippen LogP contribution in [-0.2, 0) is 6.54 Å². The molecule has 0 fully saturated rings. The maximum atomic E-state index is 13.7. The molecule has 0 bridgehead atoms. The summed E-state index contributed by atoms with van der Waals surface area (Å²) in [4.78, 5) is 10.5. The maximum absolute atomic E-state index is 13.7. The number of nitro benzene ring substituents is 1. The number of para-hydroxylation sites is 1. The number of benzene rings is 2. The molecule has 0 saturated carbocycles. The van der Waals surface area contributed by atoms with Crippen molar-refractivity contribution in [2.24, 2.45) is 0 Å². The minimum absolute atomic E-state index is 0.0811. The van der Waals surface area contributed by atoms with Crippen molar-refractivity contribution >= 4 is 23.0 Å². The Bertz CT molecular complexity index is 641. The van der Waals surface area contributed by atoms with Gasteiger partial charge >= 0.3 is 0 Å². The van der Waals surface area contributed by atoms with E-state index in [1.54, 1.807) is 25.1 Å². The van der Waals surface area contributed by atoms with E-state index < -0.39 is 10.7 Å². The fraction of sp³-hybridized carbons (Fsp3) is 0.143. The van der Waals surface area contributed by atoms with E-state index in [1.165, 1.54) is 18.2 Å². The molecule has 6 heteroatoms. The first kappa shape index (κ1) is 14.3. The summed E-state index contributed by atoms with van der Waals surface area (Å²) in [6, 6.07) is 9.14. The second-order valence-corrected chi connectivity index (χ2v) is 4.69. The Morgan fingerprint density at radius 2 is 2.00 bits per heavy atom. The van der Waals surface area contributed by atoms with Crippen LogP contribution in [0.4, 0.5) is 15.8 Å². The fourth-order valence-corrected chi connectivity index (χ4v) is 2.16. The second kappa shape index (κ2) is 5.88. The average Bonchev–Trinajstić information content (AvgIpc) is 2.39. The van der Waals surface area contributed by atoms with Crippen molar-refractivity contribution in [3.8, 4) is 0 Å². The molecule has 0 amide bonds. The molecule has 2 aromatic carbocycles. The summed E-state index contributed by atoms with van der Waals surface area (Å²) in [6.07, 6.45) is 0. The monoisotopic (exact) mass is 294 g/mol. The van der Waals surface area contributed by atoms with Crippen LogP contribution >= 0.6 is 11.6 Å². The van der Waals surface area contributed by atoms with E-state index in [-0.39, 0.29) is 17.3 Å². The summed E-state index contributed by atoms with van der Waals surface area (Å²) in [6.45, 7) is 1.84. The highest BCUT2D eigenvalue weighted by atomic mass is 35.5. The Hall–Kier alpha value is -2.14. The number of nitro groups is 1. The van der Waals surface area contributed by atoms with E-state index in [0.717, 1.165) is 5.56 Å². The highest BCUT2D eigenvalue weighted by Gasteiger charge is 2.17. The van der Waals surface area contributed by atoms with Crippen LogP contribution in [0.15, 0.2) is 36.4 Å². The van der Waals surface area contributed by atoms with Gasteiger partial charge in [-0.05, 0) is 24.6 Å². The van der Waals surface area contributed by atoms with Gasteiger partial charge in [-0.2, -0.15) is 0 Å². The lowest BCUT2D eigenvalue weighted by molar-refractivity contribution is -0.385. The third kappa shape index (κ3) is 2.88. The predicted molar refractivity (Wildman–Crippen MR) is 76.6 cm³/mol. The van der Waals surface area contributed by atoms with Gasteiger partial charge in [0.1, 0.15) is 5.82 Å². The van der Waals surface area contributed by atoms with Gasteiger partial charge in [0.05, 0.1) is 21.2 Å². The van der Waals surface area contributed by atoms with Crippen LogP contribution in [0.1, 0.15) is 11.1 Å². The minimum Gasteiger partial charge on any atom is -0.378 e. The van der Waals surface area contributed by atoms with Crippen molar-refractivity contribution in [3.05, 3.63) is 68.5 Å². The Morgan fingerprint density at radius 1 is 1.30 bits per heavy atom. The Labute approximate surface area is 120 Å². The molecule has 0 radical (unpaired) electrons. The van der Waals surface area contributed by atoms with Crippen molar-refractivity contribution in [3.63, 3.8) is 0 Å². The highest BCUT2D eigenvalue weighted by molar-refractivity contribution is 6.31. The molecule has 1 N–H and O–H groups in total. The van der Waals surface area contributed by atoms with Crippen LogP contribution in [0.25, 0.3) is 0 Å². The van der Waals surface area contributed by atoms with E-state index in [1.807, 2.05) is 0 Å². The fourth-order valence-electron chi connectivity index (χ4n) is 1.93. The molecular formula is C14H12ClFN2O2. The zero-order valence-corrected chi connectivity index (χ0v) is 11.4. The number of aryl methyl sites for hydroxylation is 1. The van der Waals surface area contributed by atoms with Gasteiger partial charge in [-0.3, -0.25) is 10.1 Å². The molecule has 0 aliphatic carbocycles. The molecule has 0 saturated heterocycles. The number of hydrogen-bond acceptors (Lipinski definition) is 3. The van der Waals surface area contributed by atoms with Crippen molar-refractivity contribution in [2.75, 3.05) is 5.32 Å². The smallest absolute Gasteiger partial charge is 0.275 e. The SMILES string of the molecule is Cc1cccc(F)c1NCc1c(Cl)cccc1[N+](=O)[O-]. The number of nitrogens with one attached hydrogen (secondary N) is 1. The van der Waals surface area contributed by atoms with Crippen molar-refractivity contribution < 1.29 is 9.31 Å². The third-order valence-corrected chi connectivity index (χ3v) is 3.31. The number of halogens is 2. The van der Waals surface area contributed by atoms with Gasteiger partial charge in [0.2, 0.25) is 0 Å². The molecule has 0 spiro atoms. The number of rotatable bonds is 4. The zero-order valence-electron chi connectivity index (χ0n) is 10.7. The van der Waals surface area contributed by atoms with Gasteiger partial charge in [0, 0.05) is 12.6 Å². The van der Waals surface area contributed by atoms with Crippen LogP contribution in [0.5, 0.6) is 0 Å². The molecule has 0 aromatic heterocycles. The largest absolute Gasteiger partial charge is 0.378 e.